The minimum atomic E-state index is 0.272. The van der Waals surface area contributed by atoms with E-state index in [0.29, 0.717) is 12.8 Å². The van der Waals surface area contributed by atoms with E-state index in [9.17, 15) is 10.2 Å². The van der Waals surface area contributed by atoms with Crippen molar-refractivity contribution in [2.24, 2.45) is 0 Å². The third kappa shape index (κ3) is 4.21. The van der Waals surface area contributed by atoms with Gasteiger partial charge in [0.1, 0.15) is 11.5 Å². The molecule has 0 aliphatic rings. The summed E-state index contributed by atoms with van der Waals surface area (Å²) in [6.45, 7) is 7.70. The molecule has 4 aromatic rings. The number of phenolic OH excluding ortho intramolecular Hbond substituents is 2. The summed E-state index contributed by atoms with van der Waals surface area (Å²) in [7, 11) is 0. The summed E-state index contributed by atoms with van der Waals surface area (Å²) in [5.74, 6) is 0.543. The van der Waals surface area contributed by atoms with Crippen LogP contribution in [0.3, 0.4) is 0 Å². The molecule has 2 N–H and O–H groups in total. The molecular formula is C30H26O2. The zero-order valence-electron chi connectivity index (χ0n) is 18.0. The summed E-state index contributed by atoms with van der Waals surface area (Å²) in [4.78, 5) is 0. The molecule has 0 aliphatic heterocycles. The molecule has 0 radical (unpaired) electrons. The maximum atomic E-state index is 11.0. The normalized spacial score (nSPS) is 10.6. The molecule has 0 spiro atoms. The second kappa shape index (κ2) is 9.40. The van der Waals surface area contributed by atoms with E-state index in [0.717, 1.165) is 44.5 Å². The highest BCUT2D eigenvalue weighted by Gasteiger charge is 2.16. The van der Waals surface area contributed by atoms with Crippen molar-refractivity contribution < 1.29 is 10.2 Å². The minimum absolute atomic E-state index is 0.272. The second-order valence-corrected chi connectivity index (χ2v) is 7.78. The Kier molecular flexibility index (Phi) is 6.23. The van der Waals surface area contributed by atoms with E-state index < -0.39 is 0 Å². The van der Waals surface area contributed by atoms with E-state index >= 15 is 0 Å². The Labute approximate surface area is 189 Å². The molecule has 2 heteroatoms. The van der Waals surface area contributed by atoms with Crippen LogP contribution in [0.5, 0.6) is 11.5 Å². The van der Waals surface area contributed by atoms with Gasteiger partial charge in [-0.1, -0.05) is 72.8 Å². The molecule has 0 aromatic heterocycles. The summed E-state index contributed by atoms with van der Waals surface area (Å²) in [6.07, 6.45) is 4.71. The van der Waals surface area contributed by atoms with Crippen molar-refractivity contribution in [1.82, 2.24) is 0 Å². The predicted octanol–water partition coefficient (Wildman–Crippen LogP) is 7.56. The van der Waals surface area contributed by atoms with E-state index in [1.807, 2.05) is 84.9 Å². The quantitative estimate of drug-likeness (QED) is 0.304. The minimum Gasteiger partial charge on any atom is -0.507 e. The monoisotopic (exact) mass is 418 g/mol. The van der Waals surface area contributed by atoms with Crippen molar-refractivity contribution in [3.8, 4) is 44.9 Å². The van der Waals surface area contributed by atoms with E-state index in [4.69, 9.17) is 0 Å². The van der Waals surface area contributed by atoms with E-state index in [1.54, 1.807) is 12.2 Å². The van der Waals surface area contributed by atoms with Crippen molar-refractivity contribution in [2.75, 3.05) is 0 Å². The molecule has 32 heavy (non-hydrogen) atoms. The molecule has 0 fully saturated rings. The van der Waals surface area contributed by atoms with Crippen LogP contribution in [0.2, 0.25) is 0 Å². The van der Waals surface area contributed by atoms with E-state index in [-0.39, 0.29) is 11.5 Å². The van der Waals surface area contributed by atoms with Gasteiger partial charge in [0.25, 0.3) is 0 Å². The zero-order valence-corrected chi connectivity index (χ0v) is 18.0. The van der Waals surface area contributed by atoms with Gasteiger partial charge in [-0.25, -0.2) is 0 Å². The molecule has 4 aromatic carbocycles. The molecule has 0 atom stereocenters. The fourth-order valence-corrected chi connectivity index (χ4v) is 4.02. The van der Waals surface area contributed by atoms with Gasteiger partial charge in [0.2, 0.25) is 0 Å². The highest BCUT2D eigenvalue weighted by molar-refractivity contribution is 5.83. The van der Waals surface area contributed by atoms with Crippen molar-refractivity contribution in [1.29, 1.82) is 0 Å². The molecule has 4 rings (SSSR count). The molecule has 0 bridgehead atoms. The third-order valence-electron chi connectivity index (χ3n) is 5.61. The van der Waals surface area contributed by atoms with Crippen LogP contribution in [0.15, 0.2) is 110 Å². The second-order valence-electron chi connectivity index (χ2n) is 7.78. The Bertz CT molecular complexity index is 1150. The molecule has 0 saturated carbocycles. The number of benzene rings is 4. The molecular weight excluding hydrogens is 392 g/mol. The topological polar surface area (TPSA) is 40.5 Å². The maximum Gasteiger partial charge on any atom is 0.126 e. The van der Waals surface area contributed by atoms with Crippen molar-refractivity contribution in [3.05, 3.63) is 121 Å². The Morgan fingerprint density at radius 1 is 0.531 bits per heavy atom. The number of aromatic hydroxyl groups is 2. The molecule has 0 aliphatic carbocycles. The van der Waals surface area contributed by atoms with Gasteiger partial charge in [0, 0.05) is 11.1 Å². The van der Waals surface area contributed by atoms with Crippen molar-refractivity contribution >= 4 is 0 Å². The predicted molar refractivity (Wildman–Crippen MR) is 134 cm³/mol. The summed E-state index contributed by atoms with van der Waals surface area (Å²) < 4.78 is 0. The van der Waals surface area contributed by atoms with Gasteiger partial charge in [-0.05, 0) is 70.5 Å². The lowest BCUT2D eigenvalue weighted by Gasteiger charge is -2.16. The van der Waals surface area contributed by atoms with Crippen LogP contribution in [-0.2, 0) is 12.8 Å². The first-order valence-electron chi connectivity index (χ1n) is 10.7. The molecule has 0 saturated heterocycles. The smallest absolute Gasteiger partial charge is 0.126 e. The van der Waals surface area contributed by atoms with Gasteiger partial charge in [-0.3, -0.25) is 0 Å². The molecule has 0 amide bonds. The first kappa shape index (κ1) is 21.2. The van der Waals surface area contributed by atoms with E-state index in [2.05, 4.69) is 13.2 Å². The Morgan fingerprint density at radius 3 is 1.25 bits per heavy atom. The van der Waals surface area contributed by atoms with Crippen LogP contribution >= 0.6 is 0 Å². The summed E-state index contributed by atoms with van der Waals surface area (Å²) >= 11 is 0. The summed E-state index contributed by atoms with van der Waals surface area (Å²) in [6, 6.07) is 27.8. The van der Waals surface area contributed by atoms with Gasteiger partial charge < -0.3 is 10.2 Å². The number of phenols is 2. The number of allylic oxidation sites excluding steroid dienone is 2. The third-order valence-corrected chi connectivity index (χ3v) is 5.61. The van der Waals surface area contributed by atoms with Crippen LogP contribution in [0.4, 0.5) is 0 Å². The number of hydrogen-bond donors (Lipinski definition) is 2. The van der Waals surface area contributed by atoms with Gasteiger partial charge in [-0.15, -0.1) is 13.2 Å². The standard InChI is InChI=1S/C30H26O2/c1-3-11-23-17-25(19-27(29(23)31)21-13-7-5-8-14-21)26-18-24(12-4-2)30(32)28(20-26)22-15-9-6-10-16-22/h3-10,13-20,31-32H,1-2,11-12H2. The molecule has 0 unspecified atom stereocenters. The zero-order chi connectivity index (χ0) is 22.5. The van der Waals surface area contributed by atoms with Gasteiger partial charge in [0.15, 0.2) is 0 Å². The first-order chi connectivity index (χ1) is 15.6. The molecule has 158 valence electrons. The van der Waals surface area contributed by atoms with Crippen LogP contribution in [0, 0.1) is 0 Å². The average molecular weight is 419 g/mol. The fraction of sp³-hybridized carbons (Fsp3) is 0.0667. The highest BCUT2D eigenvalue weighted by Crippen LogP contribution is 2.41. The van der Waals surface area contributed by atoms with Gasteiger partial charge in [-0.2, -0.15) is 0 Å². The average Bonchev–Trinajstić information content (AvgIpc) is 2.83. The molecule has 2 nitrogen and oxygen atoms in total. The van der Waals surface area contributed by atoms with Crippen LogP contribution in [-0.4, -0.2) is 10.2 Å². The largest absolute Gasteiger partial charge is 0.507 e. The van der Waals surface area contributed by atoms with Gasteiger partial charge >= 0.3 is 0 Å². The lowest BCUT2D eigenvalue weighted by atomic mass is 9.90. The SMILES string of the molecule is C=CCc1cc(-c2cc(CC=C)c(O)c(-c3ccccc3)c2)cc(-c2ccccc2)c1O. The maximum absolute atomic E-state index is 11.0. The van der Waals surface area contributed by atoms with Gasteiger partial charge in [0.05, 0.1) is 0 Å². The summed E-state index contributed by atoms with van der Waals surface area (Å²) in [5.41, 5.74) is 7.03. The first-order valence-corrected chi connectivity index (χ1v) is 10.7. The fourth-order valence-electron chi connectivity index (χ4n) is 4.02. The Balaban J connectivity index is 1.96. The number of hydrogen-bond acceptors (Lipinski definition) is 2. The Morgan fingerprint density at radius 2 is 0.906 bits per heavy atom. The van der Waals surface area contributed by atoms with Crippen molar-refractivity contribution in [3.63, 3.8) is 0 Å². The Hall–Kier alpha value is -4.04. The molecule has 0 heterocycles. The van der Waals surface area contributed by atoms with Crippen LogP contribution < -0.4 is 0 Å². The van der Waals surface area contributed by atoms with Crippen LogP contribution in [0.25, 0.3) is 33.4 Å². The highest BCUT2D eigenvalue weighted by atomic mass is 16.3. The van der Waals surface area contributed by atoms with E-state index in [1.165, 1.54) is 0 Å². The van der Waals surface area contributed by atoms with Crippen molar-refractivity contribution in [2.45, 2.75) is 12.8 Å². The lowest BCUT2D eigenvalue weighted by molar-refractivity contribution is 0.471. The van der Waals surface area contributed by atoms with Crippen LogP contribution in [0.1, 0.15) is 11.1 Å². The lowest BCUT2D eigenvalue weighted by Crippen LogP contribution is -1.93. The summed E-state index contributed by atoms with van der Waals surface area (Å²) in [5, 5.41) is 21.9. The number of rotatable bonds is 7.